The van der Waals surface area contributed by atoms with Crippen molar-refractivity contribution in [1.82, 2.24) is 10.6 Å². The quantitative estimate of drug-likeness (QED) is 0.745. The molecular formula is C14H18N2O3. The van der Waals surface area contributed by atoms with Crippen LogP contribution in [0.3, 0.4) is 0 Å². The zero-order valence-corrected chi connectivity index (χ0v) is 11.0. The lowest BCUT2D eigenvalue weighted by atomic mass is 9.97. The molecule has 0 unspecified atom stereocenters. The fourth-order valence-electron chi connectivity index (χ4n) is 2.13. The van der Waals surface area contributed by atoms with Crippen LogP contribution in [-0.4, -0.2) is 29.0 Å². The molecule has 1 aliphatic heterocycles. The Morgan fingerprint density at radius 1 is 1.11 bits per heavy atom. The van der Waals surface area contributed by atoms with E-state index in [2.05, 4.69) is 10.6 Å². The Kier molecular flexibility index (Phi) is 3.74. The van der Waals surface area contributed by atoms with Crippen LogP contribution in [0.4, 0.5) is 0 Å². The third kappa shape index (κ3) is 3.05. The normalized spacial score (nSPS) is 23.1. The number of nitrogens with one attached hydrogen (secondary N) is 2. The second-order valence-corrected chi connectivity index (χ2v) is 5.16. The summed E-state index contributed by atoms with van der Waals surface area (Å²) < 4.78 is 0. The van der Waals surface area contributed by atoms with Gasteiger partial charge in [-0.15, -0.1) is 0 Å². The van der Waals surface area contributed by atoms with Crippen LogP contribution in [-0.2, 0) is 16.0 Å². The Bertz CT molecular complexity index is 482. The van der Waals surface area contributed by atoms with E-state index in [4.69, 9.17) is 0 Å². The maximum Gasteiger partial charge on any atom is 0.243 e. The standard InChI is InChI=1S/C14H18N2O3/c1-8(2)12-14(19)15-11(13(18)16-12)7-9-3-5-10(17)6-4-9/h3-6,8,11-12,17H,7H2,1-2H3,(H,15,19)(H,16,18)/t11-,12+/m1/s1. The van der Waals surface area contributed by atoms with Gasteiger partial charge in [-0.05, 0) is 23.6 Å². The molecule has 3 N–H and O–H groups in total. The van der Waals surface area contributed by atoms with E-state index < -0.39 is 12.1 Å². The van der Waals surface area contributed by atoms with Gasteiger partial charge in [0.1, 0.15) is 17.8 Å². The van der Waals surface area contributed by atoms with Crippen molar-refractivity contribution in [2.24, 2.45) is 5.92 Å². The molecule has 0 bridgehead atoms. The molecule has 5 nitrogen and oxygen atoms in total. The van der Waals surface area contributed by atoms with Crippen LogP contribution in [0.2, 0.25) is 0 Å². The molecule has 1 aromatic rings. The number of piperazine rings is 1. The van der Waals surface area contributed by atoms with E-state index >= 15 is 0 Å². The van der Waals surface area contributed by atoms with Gasteiger partial charge in [-0.2, -0.15) is 0 Å². The molecule has 0 saturated carbocycles. The molecule has 1 fully saturated rings. The summed E-state index contributed by atoms with van der Waals surface area (Å²) in [5.74, 6) is -0.0518. The number of phenols is 1. The summed E-state index contributed by atoms with van der Waals surface area (Å²) in [6.45, 7) is 3.79. The lowest BCUT2D eigenvalue weighted by Gasteiger charge is -2.31. The molecule has 2 atom stereocenters. The molecule has 0 spiro atoms. The van der Waals surface area contributed by atoms with Crippen molar-refractivity contribution in [2.45, 2.75) is 32.4 Å². The minimum absolute atomic E-state index is 0.0681. The van der Waals surface area contributed by atoms with Crippen LogP contribution >= 0.6 is 0 Å². The molecule has 19 heavy (non-hydrogen) atoms. The molecule has 102 valence electrons. The van der Waals surface area contributed by atoms with Crippen LogP contribution in [0.1, 0.15) is 19.4 Å². The average Bonchev–Trinajstić information content (AvgIpc) is 2.35. The van der Waals surface area contributed by atoms with Crippen molar-refractivity contribution in [1.29, 1.82) is 0 Å². The highest BCUT2D eigenvalue weighted by atomic mass is 16.3. The van der Waals surface area contributed by atoms with Crippen LogP contribution in [0.5, 0.6) is 5.75 Å². The Morgan fingerprint density at radius 2 is 1.74 bits per heavy atom. The van der Waals surface area contributed by atoms with Crippen molar-refractivity contribution >= 4 is 11.8 Å². The van der Waals surface area contributed by atoms with Crippen LogP contribution in [0, 0.1) is 5.92 Å². The molecule has 2 amide bonds. The number of amides is 2. The first-order valence-corrected chi connectivity index (χ1v) is 6.36. The third-order valence-corrected chi connectivity index (χ3v) is 3.26. The number of carbonyl (C=O) groups excluding carboxylic acids is 2. The predicted molar refractivity (Wildman–Crippen MR) is 70.5 cm³/mol. The lowest BCUT2D eigenvalue weighted by molar-refractivity contribution is -0.137. The second-order valence-electron chi connectivity index (χ2n) is 5.16. The Hall–Kier alpha value is -2.04. The first-order valence-electron chi connectivity index (χ1n) is 6.36. The minimum Gasteiger partial charge on any atom is -0.508 e. The van der Waals surface area contributed by atoms with E-state index in [1.165, 1.54) is 0 Å². The summed E-state index contributed by atoms with van der Waals surface area (Å²) in [5, 5.41) is 14.7. The monoisotopic (exact) mass is 262 g/mol. The summed E-state index contributed by atoms with van der Waals surface area (Å²) in [4.78, 5) is 23.8. The van der Waals surface area contributed by atoms with Gasteiger partial charge in [0.15, 0.2) is 0 Å². The van der Waals surface area contributed by atoms with Gasteiger partial charge in [0, 0.05) is 6.42 Å². The Balaban J connectivity index is 2.04. The van der Waals surface area contributed by atoms with Gasteiger partial charge in [-0.25, -0.2) is 0 Å². The van der Waals surface area contributed by atoms with E-state index in [0.717, 1.165) is 5.56 Å². The smallest absolute Gasteiger partial charge is 0.243 e. The van der Waals surface area contributed by atoms with Gasteiger partial charge in [-0.3, -0.25) is 9.59 Å². The van der Waals surface area contributed by atoms with Gasteiger partial charge in [0.25, 0.3) is 0 Å². The minimum atomic E-state index is -0.549. The van der Waals surface area contributed by atoms with Crippen molar-refractivity contribution in [3.05, 3.63) is 29.8 Å². The molecule has 1 heterocycles. The van der Waals surface area contributed by atoms with Gasteiger partial charge in [0.05, 0.1) is 0 Å². The number of hydrogen-bond donors (Lipinski definition) is 3. The van der Waals surface area contributed by atoms with Crippen molar-refractivity contribution in [2.75, 3.05) is 0 Å². The SMILES string of the molecule is CC(C)[C@@H]1NC(=O)[C@@H](Cc2ccc(O)cc2)NC1=O. The van der Waals surface area contributed by atoms with Gasteiger partial charge < -0.3 is 15.7 Å². The molecule has 1 aliphatic rings. The summed E-state index contributed by atoms with van der Waals surface area (Å²) in [7, 11) is 0. The average molecular weight is 262 g/mol. The van der Waals surface area contributed by atoms with Crippen molar-refractivity contribution < 1.29 is 14.7 Å². The van der Waals surface area contributed by atoms with E-state index in [9.17, 15) is 14.7 Å². The fourth-order valence-corrected chi connectivity index (χ4v) is 2.13. The molecule has 1 aromatic carbocycles. The summed E-state index contributed by atoms with van der Waals surface area (Å²) in [5.41, 5.74) is 0.890. The van der Waals surface area contributed by atoms with E-state index in [1.54, 1.807) is 24.3 Å². The largest absolute Gasteiger partial charge is 0.508 e. The predicted octanol–water partition coefficient (Wildman–Crippen LogP) is 0.574. The van der Waals surface area contributed by atoms with Crippen molar-refractivity contribution in [3.8, 4) is 5.75 Å². The fraction of sp³-hybridized carbons (Fsp3) is 0.429. The molecule has 5 heteroatoms. The zero-order chi connectivity index (χ0) is 14.0. The van der Waals surface area contributed by atoms with Gasteiger partial charge >= 0.3 is 0 Å². The highest BCUT2D eigenvalue weighted by molar-refractivity contribution is 5.97. The molecule has 0 aromatic heterocycles. The summed E-state index contributed by atoms with van der Waals surface area (Å²) in [6, 6.07) is 5.60. The zero-order valence-electron chi connectivity index (χ0n) is 11.0. The van der Waals surface area contributed by atoms with E-state index in [0.29, 0.717) is 6.42 Å². The van der Waals surface area contributed by atoms with Gasteiger partial charge in [-0.1, -0.05) is 26.0 Å². The van der Waals surface area contributed by atoms with Gasteiger partial charge in [0.2, 0.25) is 11.8 Å². The first kappa shape index (κ1) is 13.4. The van der Waals surface area contributed by atoms with E-state index in [-0.39, 0.29) is 23.5 Å². The van der Waals surface area contributed by atoms with Crippen molar-refractivity contribution in [3.63, 3.8) is 0 Å². The number of carbonyl (C=O) groups is 2. The summed E-state index contributed by atoms with van der Waals surface area (Å²) >= 11 is 0. The Morgan fingerprint density at radius 3 is 2.32 bits per heavy atom. The topological polar surface area (TPSA) is 78.4 Å². The molecule has 0 radical (unpaired) electrons. The number of phenolic OH excluding ortho intramolecular Hbond substituents is 1. The summed E-state index contributed by atoms with van der Waals surface area (Å²) in [6.07, 6.45) is 0.419. The lowest BCUT2D eigenvalue weighted by Crippen LogP contribution is -2.63. The highest BCUT2D eigenvalue weighted by Gasteiger charge is 2.34. The molecule has 0 aliphatic carbocycles. The second kappa shape index (κ2) is 5.30. The number of hydrogen-bond acceptors (Lipinski definition) is 3. The van der Waals surface area contributed by atoms with Crippen LogP contribution in [0.15, 0.2) is 24.3 Å². The van der Waals surface area contributed by atoms with Crippen LogP contribution in [0.25, 0.3) is 0 Å². The maximum atomic E-state index is 12.0. The molecule has 2 rings (SSSR count). The first-order chi connectivity index (χ1) is 8.97. The number of benzene rings is 1. The molecule has 1 saturated heterocycles. The maximum absolute atomic E-state index is 12.0. The van der Waals surface area contributed by atoms with Crippen LogP contribution < -0.4 is 10.6 Å². The third-order valence-electron chi connectivity index (χ3n) is 3.26. The molecular weight excluding hydrogens is 244 g/mol. The Labute approximate surface area is 112 Å². The highest BCUT2D eigenvalue weighted by Crippen LogP contribution is 2.14. The van der Waals surface area contributed by atoms with E-state index in [1.807, 2.05) is 13.8 Å². The number of aromatic hydroxyl groups is 1. The number of rotatable bonds is 3.